The van der Waals surface area contributed by atoms with Crippen molar-refractivity contribution in [3.63, 3.8) is 0 Å². The second-order valence-electron chi connectivity index (χ2n) is 6.61. The second kappa shape index (κ2) is 9.19. The first kappa shape index (κ1) is 16.5. The van der Waals surface area contributed by atoms with Crippen LogP contribution < -0.4 is 5.32 Å². The Morgan fingerprint density at radius 3 is 2.38 bits per heavy atom. The van der Waals surface area contributed by atoms with Gasteiger partial charge in [0.1, 0.15) is 5.82 Å². The Balaban J connectivity index is 1.54. The van der Waals surface area contributed by atoms with Crippen LogP contribution in [0, 0.1) is 17.7 Å². The van der Waals surface area contributed by atoms with E-state index in [4.69, 9.17) is 0 Å². The van der Waals surface area contributed by atoms with E-state index in [9.17, 15) is 4.39 Å². The predicted molar refractivity (Wildman–Crippen MR) is 87.9 cm³/mol. The largest absolute Gasteiger partial charge is 0.316 e. The summed E-state index contributed by atoms with van der Waals surface area (Å²) in [6.07, 6.45) is 10.9. The fourth-order valence-corrected chi connectivity index (χ4v) is 3.41. The van der Waals surface area contributed by atoms with Crippen molar-refractivity contribution >= 4 is 0 Å². The minimum absolute atomic E-state index is 0.147. The lowest BCUT2D eigenvalue weighted by Gasteiger charge is -2.28. The average Bonchev–Trinajstić information content (AvgIpc) is 2.52. The van der Waals surface area contributed by atoms with Crippen LogP contribution in [-0.2, 0) is 6.42 Å². The molecule has 0 saturated heterocycles. The maximum absolute atomic E-state index is 12.8. The molecule has 0 unspecified atom stereocenters. The summed E-state index contributed by atoms with van der Waals surface area (Å²) < 4.78 is 12.8. The molecule has 2 heteroatoms. The molecule has 1 aliphatic rings. The summed E-state index contributed by atoms with van der Waals surface area (Å²) in [6.45, 7) is 4.44. The van der Waals surface area contributed by atoms with E-state index in [1.165, 1.54) is 50.5 Å². The number of rotatable bonds is 8. The van der Waals surface area contributed by atoms with Crippen molar-refractivity contribution in [2.45, 2.75) is 58.3 Å². The highest BCUT2D eigenvalue weighted by atomic mass is 19.1. The van der Waals surface area contributed by atoms with Crippen molar-refractivity contribution < 1.29 is 4.39 Å². The molecule has 2 rings (SSSR count). The van der Waals surface area contributed by atoms with Crippen molar-refractivity contribution in [1.29, 1.82) is 0 Å². The fraction of sp³-hybridized carbons (Fsp3) is 0.684. The standard InChI is InChI=1S/C19H30FN/c1-2-3-4-16-5-7-18(8-6-16)15-21-14-13-17-9-11-19(20)12-10-17/h9-12,16,18,21H,2-8,13-15H2,1H3. The predicted octanol–water partition coefficient (Wildman–Crippen LogP) is 4.95. The van der Waals surface area contributed by atoms with Crippen LogP contribution in [0.25, 0.3) is 0 Å². The number of unbranched alkanes of at least 4 members (excludes halogenated alkanes) is 1. The van der Waals surface area contributed by atoms with Crippen LogP contribution in [0.2, 0.25) is 0 Å². The van der Waals surface area contributed by atoms with Crippen LogP contribution in [0.3, 0.4) is 0 Å². The van der Waals surface area contributed by atoms with Gasteiger partial charge in [-0.15, -0.1) is 0 Å². The zero-order valence-corrected chi connectivity index (χ0v) is 13.4. The first-order valence-corrected chi connectivity index (χ1v) is 8.73. The van der Waals surface area contributed by atoms with Crippen LogP contribution in [0.1, 0.15) is 57.4 Å². The molecule has 0 aromatic heterocycles. The van der Waals surface area contributed by atoms with Crippen molar-refractivity contribution in [2.24, 2.45) is 11.8 Å². The second-order valence-corrected chi connectivity index (χ2v) is 6.61. The third kappa shape index (κ3) is 6.17. The van der Waals surface area contributed by atoms with E-state index in [-0.39, 0.29) is 5.82 Å². The highest BCUT2D eigenvalue weighted by Gasteiger charge is 2.20. The molecule has 1 nitrogen and oxygen atoms in total. The highest BCUT2D eigenvalue weighted by Crippen LogP contribution is 2.31. The Kier molecular flexibility index (Phi) is 7.21. The smallest absolute Gasteiger partial charge is 0.123 e. The molecule has 21 heavy (non-hydrogen) atoms. The van der Waals surface area contributed by atoms with E-state index in [1.807, 2.05) is 12.1 Å². The fourth-order valence-electron chi connectivity index (χ4n) is 3.41. The summed E-state index contributed by atoms with van der Waals surface area (Å²) in [5.74, 6) is 1.73. The molecular formula is C19H30FN. The third-order valence-corrected chi connectivity index (χ3v) is 4.87. The van der Waals surface area contributed by atoms with Gasteiger partial charge in [-0.25, -0.2) is 4.39 Å². The Morgan fingerprint density at radius 2 is 1.71 bits per heavy atom. The van der Waals surface area contributed by atoms with Crippen LogP contribution in [0.5, 0.6) is 0 Å². The van der Waals surface area contributed by atoms with Crippen LogP contribution in [0.4, 0.5) is 4.39 Å². The molecule has 0 aliphatic heterocycles. The molecule has 0 radical (unpaired) electrons. The monoisotopic (exact) mass is 291 g/mol. The van der Waals surface area contributed by atoms with Gasteiger partial charge in [0.05, 0.1) is 0 Å². The van der Waals surface area contributed by atoms with Crippen molar-refractivity contribution in [3.05, 3.63) is 35.6 Å². The van der Waals surface area contributed by atoms with Crippen molar-refractivity contribution in [2.75, 3.05) is 13.1 Å². The van der Waals surface area contributed by atoms with Gasteiger partial charge in [-0.1, -0.05) is 51.2 Å². The average molecular weight is 291 g/mol. The van der Waals surface area contributed by atoms with E-state index < -0.39 is 0 Å². The van der Waals surface area contributed by atoms with Gasteiger partial charge in [0.15, 0.2) is 0 Å². The van der Waals surface area contributed by atoms with Gasteiger partial charge < -0.3 is 5.32 Å². The first-order valence-electron chi connectivity index (χ1n) is 8.73. The summed E-state index contributed by atoms with van der Waals surface area (Å²) in [6, 6.07) is 6.87. The zero-order valence-electron chi connectivity index (χ0n) is 13.4. The Bertz CT molecular complexity index is 379. The number of hydrogen-bond donors (Lipinski definition) is 1. The number of nitrogens with one attached hydrogen (secondary N) is 1. The molecule has 118 valence electrons. The quantitative estimate of drug-likeness (QED) is 0.668. The van der Waals surface area contributed by atoms with E-state index >= 15 is 0 Å². The summed E-state index contributed by atoms with van der Waals surface area (Å²) in [4.78, 5) is 0. The molecule has 1 aromatic rings. The molecule has 0 bridgehead atoms. The van der Waals surface area contributed by atoms with Gasteiger partial charge in [0.25, 0.3) is 0 Å². The van der Waals surface area contributed by atoms with Crippen LogP contribution in [0.15, 0.2) is 24.3 Å². The number of benzene rings is 1. The number of hydrogen-bond acceptors (Lipinski definition) is 1. The molecular weight excluding hydrogens is 261 g/mol. The summed E-state index contributed by atoms with van der Waals surface area (Å²) in [7, 11) is 0. The molecule has 0 heterocycles. The van der Waals surface area contributed by atoms with Gasteiger partial charge in [0, 0.05) is 0 Å². The molecule has 0 atom stereocenters. The topological polar surface area (TPSA) is 12.0 Å². The van der Waals surface area contributed by atoms with Gasteiger partial charge in [-0.05, 0) is 61.9 Å². The summed E-state index contributed by atoms with van der Waals surface area (Å²) in [5.41, 5.74) is 1.21. The minimum Gasteiger partial charge on any atom is -0.316 e. The zero-order chi connectivity index (χ0) is 14.9. The molecule has 1 saturated carbocycles. The normalized spacial score (nSPS) is 22.4. The third-order valence-electron chi connectivity index (χ3n) is 4.87. The lowest BCUT2D eigenvalue weighted by Crippen LogP contribution is -2.28. The lowest BCUT2D eigenvalue weighted by molar-refractivity contribution is 0.254. The summed E-state index contributed by atoms with van der Waals surface area (Å²) >= 11 is 0. The van der Waals surface area contributed by atoms with E-state index in [1.54, 1.807) is 12.1 Å². The number of halogens is 1. The van der Waals surface area contributed by atoms with Crippen LogP contribution in [-0.4, -0.2) is 13.1 Å². The van der Waals surface area contributed by atoms with Gasteiger partial charge >= 0.3 is 0 Å². The molecule has 0 amide bonds. The molecule has 0 spiro atoms. The summed E-state index contributed by atoms with van der Waals surface area (Å²) in [5, 5.41) is 3.58. The highest BCUT2D eigenvalue weighted by molar-refractivity contribution is 5.16. The lowest BCUT2D eigenvalue weighted by atomic mass is 9.80. The van der Waals surface area contributed by atoms with Gasteiger partial charge in [0.2, 0.25) is 0 Å². The maximum Gasteiger partial charge on any atom is 0.123 e. The van der Waals surface area contributed by atoms with Crippen LogP contribution >= 0.6 is 0 Å². The molecule has 1 aliphatic carbocycles. The molecule has 1 aromatic carbocycles. The SMILES string of the molecule is CCCCC1CCC(CNCCc2ccc(F)cc2)CC1. The Morgan fingerprint density at radius 1 is 1.05 bits per heavy atom. The molecule has 1 fully saturated rings. The van der Waals surface area contributed by atoms with E-state index in [0.717, 1.165) is 31.3 Å². The van der Waals surface area contributed by atoms with E-state index in [2.05, 4.69) is 12.2 Å². The van der Waals surface area contributed by atoms with Crippen molar-refractivity contribution in [3.8, 4) is 0 Å². The maximum atomic E-state index is 12.8. The van der Waals surface area contributed by atoms with Crippen molar-refractivity contribution in [1.82, 2.24) is 5.32 Å². The minimum atomic E-state index is -0.147. The van der Waals surface area contributed by atoms with E-state index in [0.29, 0.717) is 0 Å². The first-order chi connectivity index (χ1) is 10.3. The Hall–Kier alpha value is -0.890. The van der Waals surface area contributed by atoms with Gasteiger partial charge in [-0.3, -0.25) is 0 Å². The Labute approximate surface area is 129 Å². The molecule has 1 N–H and O–H groups in total. The van der Waals surface area contributed by atoms with Gasteiger partial charge in [-0.2, -0.15) is 0 Å².